The van der Waals surface area contributed by atoms with E-state index in [-0.39, 0.29) is 12.2 Å². The van der Waals surface area contributed by atoms with Crippen LogP contribution in [-0.2, 0) is 13.2 Å². The fraction of sp³-hybridized carbons (Fsp3) is 0.643. The first kappa shape index (κ1) is 13.3. The molecule has 0 aromatic carbocycles. The minimum atomic E-state index is -0.0670. The number of aliphatic hydroxyl groups is 1. The van der Waals surface area contributed by atoms with E-state index in [1.807, 2.05) is 17.6 Å². The summed E-state index contributed by atoms with van der Waals surface area (Å²) in [5, 5.41) is 12.7. The number of pyridine rings is 1. The van der Waals surface area contributed by atoms with Crippen LogP contribution in [0.1, 0.15) is 37.4 Å². The van der Waals surface area contributed by atoms with Crippen molar-refractivity contribution in [3.63, 3.8) is 0 Å². The maximum Gasteiger partial charge on any atom is 0.251 e. The number of rotatable bonds is 3. The van der Waals surface area contributed by atoms with Gasteiger partial charge in [-0.05, 0) is 37.4 Å². The number of piperidine rings is 1. The molecule has 0 aliphatic carbocycles. The molecule has 0 amide bonds. The van der Waals surface area contributed by atoms with Gasteiger partial charge in [-0.3, -0.25) is 4.79 Å². The summed E-state index contributed by atoms with van der Waals surface area (Å²) < 4.78 is 1.82. The molecule has 1 aromatic heterocycles. The van der Waals surface area contributed by atoms with Gasteiger partial charge in [0.25, 0.3) is 5.56 Å². The number of nitrogens with zero attached hydrogens (tertiary/aromatic N) is 1. The lowest BCUT2D eigenvalue weighted by atomic mass is 9.88. The van der Waals surface area contributed by atoms with Crippen LogP contribution in [0.2, 0.25) is 0 Å². The lowest BCUT2D eigenvalue weighted by molar-refractivity contribution is 0.280. The number of hydrogen-bond donors (Lipinski definition) is 2. The van der Waals surface area contributed by atoms with Gasteiger partial charge in [-0.15, -0.1) is 0 Å². The minimum absolute atomic E-state index is 0.00252. The molecule has 0 radical (unpaired) electrons. The van der Waals surface area contributed by atoms with Gasteiger partial charge in [-0.25, -0.2) is 0 Å². The Hall–Kier alpha value is -1.13. The smallest absolute Gasteiger partial charge is 0.251 e. The molecule has 0 saturated carbocycles. The number of hydrogen-bond acceptors (Lipinski definition) is 3. The maximum atomic E-state index is 12.0. The van der Waals surface area contributed by atoms with Crippen LogP contribution < -0.4 is 10.9 Å². The summed E-state index contributed by atoms with van der Waals surface area (Å²) >= 11 is 0. The monoisotopic (exact) mass is 250 g/mol. The Bertz CT molecular complexity index is 467. The number of nitrogens with one attached hydrogen (secondary N) is 1. The van der Waals surface area contributed by atoms with Crippen molar-refractivity contribution in [2.75, 3.05) is 13.1 Å². The highest BCUT2D eigenvalue weighted by Gasteiger charge is 2.23. The van der Waals surface area contributed by atoms with Crippen LogP contribution in [0.5, 0.6) is 0 Å². The summed E-state index contributed by atoms with van der Waals surface area (Å²) in [6.07, 6.45) is 1.10. The molecule has 2 rings (SSSR count). The lowest BCUT2D eigenvalue weighted by Gasteiger charge is -2.30. The van der Waals surface area contributed by atoms with E-state index >= 15 is 0 Å². The molecule has 1 saturated heterocycles. The molecule has 100 valence electrons. The van der Waals surface area contributed by atoms with E-state index in [1.165, 1.54) is 6.07 Å². The zero-order chi connectivity index (χ0) is 13.1. The van der Waals surface area contributed by atoms with Crippen LogP contribution in [0.3, 0.4) is 0 Å². The van der Waals surface area contributed by atoms with Crippen molar-refractivity contribution in [2.24, 2.45) is 5.92 Å². The zero-order valence-electron chi connectivity index (χ0n) is 11.1. The molecular weight excluding hydrogens is 228 g/mol. The third-order valence-corrected chi connectivity index (χ3v) is 3.71. The SMILES string of the molecule is CCn1c([C@@H]2CNCC(C)C2)cc(CO)cc1=O. The first-order valence-electron chi connectivity index (χ1n) is 6.71. The van der Waals surface area contributed by atoms with E-state index < -0.39 is 0 Å². The van der Waals surface area contributed by atoms with Gasteiger partial charge in [-0.1, -0.05) is 6.92 Å². The van der Waals surface area contributed by atoms with Gasteiger partial charge in [0.2, 0.25) is 0 Å². The Morgan fingerprint density at radius 2 is 2.22 bits per heavy atom. The average Bonchev–Trinajstić information content (AvgIpc) is 2.37. The molecule has 2 N–H and O–H groups in total. The van der Waals surface area contributed by atoms with Crippen molar-refractivity contribution in [2.45, 2.75) is 39.3 Å². The van der Waals surface area contributed by atoms with E-state index in [0.29, 0.717) is 18.4 Å². The van der Waals surface area contributed by atoms with Crippen LogP contribution >= 0.6 is 0 Å². The molecule has 0 spiro atoms. The third kappa shape index (κ3) is 2.65. The summed E-state index contributed by atoms with van der Waals surface area (Å²) in [5.74, 6) is 0.995. The standard InChI is InChI=1S/C14H22N2O2/c1-3-16-13(5-11(9-17)6-14(16)18)12-4-10(2)7-15-8-12/h5-6,10,12,15,17H,3-4,7-9H2,1-2H3/t10?,12-/m0/s1. The molecule has 2 atom stereocenters. The van der Waals surface area contributed by atoms with Gasteiger partial charge in [0.05, 0.1) is 6.61 Å². The Morgan fingerprint density at radius 1 is 1.44 bits per heavy atom. The molecular formula is C14H22N2O2. The molecule has 18 heavy (non-hydrogen) atoms. The van der Waals surface area contributed by atoms with E-state index in [9.17, 15) is 9.90 Å². The molecule has 1 aliphatic rings. The van der Waals surface area contributed by atoms with E-state index in [0.717, 1.165) is 30.8 Å². The maximum absolute atomic E-state index is 12.0. The highest BCUT2D eigenvalue weighted by molar-refractivity contribution is 5.21. The Morgan fingerprint density at radius 3 is 2.83 bits per heavy atom. The molecule has 2 heterocycles. The van der Waals surface area contributed by atoms with Gasteiger partial charge in [-0.2, -0.15) is 0 Å². The summed E-state index contributed by atoms with van der Waals surface area (Å²) in [5.41, 5.74) is 1.78. The second kappa shape index (κ2) is 5.67. The highest BCUT2D eigenvalue weighted by Crippen LogP contribution is 2.26. The first-order valence-corrected chi connectivity index (χ1v) is 6.71. The number of aromatic nitrogens is 1. The largest absolute Gasteiger partial charge is 0.392 e. The predicted octanol–water partition coefficient (Wildman–Crippen LogP) is 1.07. The van der Waals surface area contributed by atoms with Crippen molar-refractivity contribution in [1.82, 2.24) is 9.88 Å². The second-order valence-electron chi connectivity index (χ2n) is 5.23. The van der Waals surface area contributed by atoms with E-state index in [1.54, 1.807) is 0 Å². The normalized spacial score (nSPS) is 24.2. The summed E-state index contributed by atoms with van der Waals surface area (Å²) in [7, 11) is 0. The van der Waals surface area contributed by atoms with Gasteiger partial charge in [0.15, 0.2) is 0 Å². The fourth-order valence-corrected chi connectivity index (χ4v) is 2.82. The lowest BCUT2D eigenvalue weighted by Crippen LogP contribution is -2.36. The third-order valence-electron chi connectivity index (χ3n) is 3.71. The van der Waals surface area contributed by atoms with Gasteiger partial charge in [0, 0.05) is 30.8 Å². The quantitative estimate of drug-likeness (QED) is 0.844. The topological polar surface area (TPSA) is 54.3 Å². The molecule has 1 unspecified atom stereocenters. The number of aliphatic hydroxyl groups excluding tert-OH is 1. The minimum Gasteiger partial charge on any atom is -0.392 e. The van der Waals surface area contributed by atoms with E-state index in [2.05, 4.69) is 12.2 Å². The van der Waals surface area contributed by atoms with Crippen molar-refractivity contribution in [1.29, 1.82) is 0 Å². The molecule has 1 aliphatic heterocycles. The van der Waals surface area contributed by atoms with Crippen molar-refractivity contribution >= 4 is 0 Å². The fourth-order valence-electron chi connectivity index (χ4n) is 2.82. The Labute approximate surface area is 108 Å². The zero-order valence-corrected chi connectivity index (χ0v) is 11.1. The summed E-state index contributed by atoms with van der Waals surface area (Å²) in [6.45, 7) is 6.80. The van der Waals surface area contributed by atoms with Crippen molar-refractivity contribution in [3.05, 3.63) is 33.7 Å². The van der Waals surface area contributed by atoms with Gasteiger partial charge >= 0.3 is 0 Å². The Kier molecular flexibility index (Phi) is 4.19. The van der Waals surface area contributed by atoms with Crippen LogP contribution in [-0.4, -0.2) is 22.8 Å². The van der Waals surface area contributed by atoms with Crippen LogP contribution in [0.15, 0.2) is 16.9 Å². The molecule has 0 bridgehead atoms. The second-order valence-corrected chi connectivity index (χ2v) is 5.23. The van der Waals surface area contributed by atoms with Crippen LogP contribution in [0.4, 0.5) is 0 Å². The average molecular weight is 250 g/mol. The predicted molar refractivity (Wildman–Crippen MR) is 71.7 cm³/mol. The summed E-state index contributed by atoms with van der Waals surface area (Å²) in [4.78, 5) is 12.0. The molecule has 1 aromatic rings. The molecule has 4 nitrogen and oxygen atoms in total. The highest BCUT2D eigenvalue weighted by atomic mass is 16.3. The van der Waals surface area contributed by atoms with Gasteiger partial charge in [0.1, 0.15) is 0 Å². The Balaban J connectivity index is 2.40. The van der Waals surface area contributed by atoms with E-state index in [4.69, 9.17) is 0 Å². The first-order chi connectivity index (χ1) is 8.65. The molecule has 4 heteroatoms. The van der Waals surface area contributed by atoms with Gasteiger partial charge < -0.3 is 15.0 Å². The molecule has 1 fully saturated rings. The van der Waals surface area contributed by atoms with Crippen molar-refractivity contribution < 1.29 is 5.11 Å². The van der Waals surface area contributed by atoms with Crippen molar-refractivity contribution in [3.8, 4) is 0 Å². The van der Waals surface area contributed by atoms with Crippen LogP contribution in [0, 0.1) is 5.92 Å². The van der Waals surface area contributed by atoms with Crippen LogP contribution in [0.25, 0.3) is 0 Å². The summed E-state index contributed by atoms with van der Waals surface area (Å²) in [6, 6.07) is 3.52.